The van der Waals surface area contributed by atoms with E-state index in [1.54, 1.807) is 7.11 Å². The highest BCUT2D eigenvalue weighted by atomic mass is 16.5. The van der Waals surface area contributed by atoms with Gasteiger partial charge in [-0.15, -0.1) is 5.10 Å². The van der Waals surface area contributed by atoms with Crippen molar-refractivity contribution in [3.05, 3.63) is 5.82 Å². The van der Waals surface area contributed by atoms with E-state index in [1.807, 2.05) is 0 Å². The van der Waals surface area contributed by atoms with Gasteiger partial charge in [-0.1, -0.05) is 32.1 Å². The fourth-order valence-corrected chi connectivity index (χ4v) is 2.89. The Balaban J connectivity index is 1.98. The van der Waals surface area contributed by atoms with Crippen molar-refractivity contribution < 1.29 is 4.74 Å². The van der Waals surface area contributed by atoms with Gasteiger partial charge in [-0.05, 0) is 30.2 Å². The summed E-state index contributed by atoms with van der Waals surface area (Å²) in [5.41, 5.74) is 0. The van der Waals surface area contributed by atoms with Crippen molar-refractivity contribution in [1.82, 2.24) is 25.5 Å². The number of rotatable bonds is 6. The zero-order valence-corrected chi connectivity index (χ0v) is 12.7. The minimum absolute atomic E-state index is 0.158. The van der Waals surface area contributed by atoms with E-state index in [9.17, 15) is 0 Å². The summed E-state index contributed by atoms with van der Waals surface area (Å²) < 4.78 is 7.12. The highest BCUT2D eigenvalue weighted by molar-refractivity contribution is 4.92. The Labute approximate surface area is 121 Å². The molecular formula is C14H27N5O. The van der Waals surface area contributed by atoms with Crippen LogP contribution in [0, 0.1) is 0 Å². The van der Waals surface area contributed by atoms with Gasteiger partial charge >= 0.3 is 0 Å². The number of methoxy groups -OCH3 is 1. The van der Waals surface area contributed by atoms with Crippen LogP contribution in [0.5, 0.6) is 0 Å². The van der Waals surface area contributed by atoms with Crippen molar-refractivity contribution in [2.24, 2.45) is 0 Å². The summed E-state index contributed by atoms with van der Waals surface area (Å²) >= 11 is 0. The molecule has 0 bridgehead atoms. The average Bonchev–Trinajstić information content (AvgIpc) is 2.88. The summed E-state index contributed by atoms with van der Waals surface area (Å²) in [5.74, 6) is 0.951. The van der Waals surface area contributed by atoms with Crippen LogP contribution >= 0.6 is 0 Å². The van der Waals surface area contributed by atoms with E-state index in [0.29, 0.717) is 12.6 Å². The molecule has 0 radical (unpaired) electrons. The van der Waals surface area contributed by atoms with Crippen LogP contribution in [-0.4, -0.2) is 40.5 Å². The zero-order valence-electron chi connectivity index (χ0n) is 12.7. The molecule has 1 aromatic rings. The van der Waals surface area contributed by atoms with E-state index in [-0.39, 0.29) is 6.04 Å². The van der Waals surface area contributed by atoms with E-state index in [1.165, 1.54) is 44.9 Å². The molecule has 1 aliphatic carbocycles. The van der Waals surface area contributed by atoms with E-state index < -0.39 is 0 Å². The Kier molecular flexibility index (Phi) is 6.39. The molecule has 1 atom stereocenters. The van der Waals surface area contributed by atoms with Gasteiger partial charge in [0.15, 0.2) is 5.82 Å². The second-order valence-electron chi connectivity index (χ2n) is 5.65. The lowest BCUT2D eigenvalue weighted by atomic mass is 9.96. The van der Waals surface area contributed by atoms with Gasteiger partial charge < -0.3 is 10.1 Å². The maximum absolute atomic E-state index is 5.07. The van der Waals surface area contributed by atoms with Crippen molar-refractivity contribution in [3.63, 3.8) is 0 Å². The number of hydrogen-bond acceptors (Lipinski definition) is 5. The van der Waals surface area contributed by atoms with E-state index >= 15 is 0 Å². The van der Waals surface area contributed by atoms with Gasteiger partial charge in [0, 0.05) is 13.7 Å². The Morgan fingerprint density at radius 2 is 1.95 bits per heavy atom. The Bertz CT molecular complexity index is 373. The normalized spacial score (nSPS) is 19.5. The van der Waals surface area contributed by atoms with Crippen molar-refractivity contribution in [2.75, 3.05) is 20.3 Å². The van der Waals surface area contributed by atoms with Crippen LogP contribution in [0.25, 0.3) is 0 Å². The van der Waals surface area contributed by atoms with Crippen LogP contribution < -0.4 is 5.32 Å². The Morgan fingerprint density at radius 3 is 2.65 bits per heavy atom. The van der Waals surface area contributed by atoms with Crippen LogP contribution in [0.15, 0.2) is 0 Å². The maximum atomic E-state index is 5.07. The van der Waals surface area contributed by atoms with Crippen molar-refractivity contribution in [2.45, 2.75) is 64.0 Å². The molecule has 0 amide bonds. The first-order valence-electron chi connectivity index (χ1n) is 7.83. The van der Waals surface area contributed by atoms with Crippen LogP contribution in [0.3, 0.4) is 0 Å². The van der Waals surface area contributed by atoms with Crippen LogP contribution in [0.2, 0.25) is 0 Å². The lowest BCUT2D eigenvalue weighted by molar-refractivity contribution is 0.195. The molecule has 1 fully saturated rings. The third-order valence-electron chi connectivity index (χ3n) is 4.08. The van der Waals surface area contributed by atoms with Crippen molar-refractivity contribution in [3.8, 4) is 0 Å². The number of nitrogens with zero attached hydrogens (tertiary/aromatic N) is 4. The highest BCUT2D eigenvalue weighted by Crippen LogP contribution is 2.27. The summed E-state index contributed by atoms with van der Waals surface area (Å²) in [7, 11) is 1.71. The molecule has 6 nitrogen and oxygen atoms in total. The molecule has 0 aromatic carbocycles. The van der Waals surface area contributed by atoms with Gasteiger partial charge in [-0.2, -0.15) is 0 Å². The smallest absolute Gasteiger partial charge is 0.168 e. The predicted octanol–water partition coefficient (Wildman–Crippen LogP) is 2.26. The van der Waals surface area contributed by atoms with Gasteiger partial charge in [-0.3, -0.25) is 0 Å². The first-order chi connectivity index (χ1) is 9.83. The molecule has 20 heavy (non-hydrogen) atoms. The molecule has 6 heteroatoms. The molecule has 0 spiro atoms. The lowest BCUT2D eigenvalue weighted by Gasteiger charge is -2.22. The van der Waals surface area contributed by atoms with Gasteiger partial charge in [0.1, 0.15) is 0 Å². The number of aromatic nitrogens is 4. The fourth-order valence-electron chi connectivity index (χ4n) is 2.89. The molecular weight excluding hydrogens is 254 g/mol. The van der Waals surface area contributed by atoms with Gasteiger partial charge in [0.05, 0.1) is 18.7 Å². The Hall–Kier alpha value is -1.01. The Morgan fingerprint density at radius 1 is 1.25 bits per heavy atom. The lowest BCUT2D eigenvalue weighted by Crippen LogP contribution is -2.27. The standard InChI is InChI=1S/C14H27N5O/c1-12(15-10-11-20-2)14-16-17-18-19(14)13-8-6-4-3-5-7-9-13/h12-13,15H,3-11H2,1-2H3. The topological polar surface area (TPSA) is 64.9 Å². The predicted molar refractivity (Wildman–Crippen MR) is 77.5 cm³/mol. The summed E-state index contributed by atoms with van der Waals surface area (Å²) in [6.07, 6.45) is 9.03. The quantitative estimate of drug-likeness (QED) is 0.810. The second kappa shape index (κ2) is 8.32. The van der Waals surface area contributed by atoms with Crippen molar-refractivity contribution >= 4 is 0 Å². The minimum Gasteiger partial charge on any atom is -0.383 e. The van der Waals surface area contributed by atoms with Crippen LogP contribution in [0.4, 0.5) is 0 Å². The number of hydrogen-bond donors (Lipinski definition) is 1. The third-order valence-corrected chi connectivity index (χ3v) is 4.08. The fraction of sp³-hybridized carbons (Fsp3) is 0.929. The van der Waals surface area contributed by atoms with E-state index in [4.69, 9.17) is 4.74 Å². The largest absolute Gasteiger partial charge is 0.383 e. The van der Waals surface area contributed by atoms with Gasteiger partial charge in [-0.25, -0.2) is 4.68 Å². The summed E-state index contributed by atoms with van der Waals surface area (Å²) in [6, 6.07) is 0.623. The molecule has 0 saturated heterocycles. The van der Waals surface area contributed by atoms with E-state index in [0.717, 1.165) is 12.4 Å². The average molecular weight is 281 g/mol. The van der Waals surface area contributed by atoms with Gasteiger partial charge in [0.2, 0.25) is 0 Å². The number of tetrazole rings is 1. The first-order valence-corrected chi connectivity index (χ1v) is 7.83. The summed E-state index contributed by atoms with van der Waals surface area (Å²) in [4.78, 5) is 0. The maximum Gasteiger partial charge on any atom is 0.168 e. The third kappa shape index (κ3) is 4.24. The number of nitrogens with one attached hydrogen (secondary N) is 1. The summed E-state index contributed by atoms with van der Waals surface area (Å²) in [6.45, 7) is 3.63. The molecule has 0 aliphatic heterocycles. The monoisotopic (exact) mass is 281 g/mol. The zero-order chi connectivity index (χ0) is 14.2. The molecule has 1 N–H and O–H groups in total. The van der Waals surface area contributed by atoms with Crippen LogP contribution in [0.1, 0.15) is 69.8 Å². The molecule has 1 saturated carbocycles. The van der Waals surface area contributed by atoms with E-state index in [2.05, 4.69) is 32.4 Å². The molecule has 1 heterocycles. The van der Waals surface area contributed by atoms with Crippen LogP contribution in [-0.2, 0) is 4.74 Å². The molecule has 1 unspecified atom stereocenters. The highest BCUT2D eigenvalue weighted by Gasteiger charge is 2.21. The molecule has 114 valence electrons. The number of ether oxygens (including phenoxy) is 1. The van der Waals surface area contributed by atoms with Gasteiger partial charge in [0.25, 0.3) is 0 Å². The molecule has 1 aliphatic rings. The SMILES string of the molecule is COCCNC(C)c1nnnn1C1CCCCCCC1. The molecule has 2 rings (SSSR count). The van der Waals surface area contributed by atoms with Crippen molar-refractivity contribution in [1.29, 1.82) is 0 Å². The summed E-state index contributed by atoms with van der Waals surface area (Å²) in [5, 5.41) is 15.8. The first kappa shape index (κ1) is 15.4. The second-order valence-corrected chi connectivity index (χ2v) is 5.65. The minimum atomic E-state index is 0.158. The molecule has 1 aromatic heterocycles.